The van der Waals surface area contributed by atoms with E-state index in [-0.39, 0.29) is 0 Å². The lowest BCUT2D eigenvalue weighted by Crippen LogP contribution is -1.27. The van der Waals surface area contributed by atoms with E-state index >= 15 is 0 Å². The molecule has 0 heteroatoms. The normalized spacial score (nSPS) is 3.88. The smallest absolute Gasteiger partial charge is 0.0590 e. The Hall–Kier alpha value is -0.520. The van der Waals surface area contributed by atoms with Gasteiger partial charge in [-0.05, 0) is 0 Å². The number of rotatable bonds is 0. The molecule has 0 aliphatic heterocycles. The Kier molecular flexibility index (Phi) is 3390. The third-order valence-corrected chi connectivity index (χ3v) is 0. The average molecular weight is 235 g/mol. The lowest BCUT2D eigenvalue weighted by molar-refractivity contribution is 1.09. The Morgan fingerprint density at radius 1 is 0.438 bits per heavy atom. The second-order valence-corrected chi connectivity index (χ2v) is 1.41. The topological polar surface area (TPSA) is 0 Å². The zero-order valence-electron chi connectivity index (χ0n) is 14.2. The van der Waals surface area contributed by atoms with Gasteiger partial charge in [-0.15, -0.1) is 26.3 Å². The fourth-order valence-electron chi connectivity index (χ4n) is 0. The highest BCUT2D eigenvalue weighted by atomic mass is 13.4. The Balaban J connectivity index is -0.0000000120. The Morgan fingerprint density at radius 2 is 0.438 bits per heavy atom. The molecule has 0 spiro atoms. The SMILES string of the molecule is C=C.C=C.CC.CC.CC.CCC.CCC. The summed E-state index contributed by atoms with van der Waals surface area (Å²) < 4.78 is 0. The molecule has 0 aromatic carbocycles. The van der Waals surface area contributed by atoms with Crippen molar-refractivity contribution in [2.75, 3.05) is 0 Å². The first kappa shape index (κ1) is 45.1. The van der Waals surface area contributed by atoms with Gasteiger partial charge in [0.05, 0.1) is 0 Å². The van der Waals surface area contributed by atoms with Crippen LogP contribution in [0.3, 0.4) is 0 Å². The van der Waals surface area contributed by atoms with E-state index in [0.717, 1.165) is 0 Å². The van der Waals surface area contributed by atoms with Gasteiger partial charge in [0.2, 0.25) is 0 Å². The van der Waals surface area contributed by atoms with Gasteiger partial charge in [-0.1, -0.05) is 82.1 Å². The van der Waals surface area contributed by atoms with Gasteiger partial charge in [0, 0.05) is 0 Å². The molecule has 0 bridgehead atoms. The summed E-state index contributed by atoms with van der Waals surface area (Å²) in [4.78, 5) is 0. The molecule has 0 saturated carbocycles. The van der Waals surface area contributed by atoms with E-state index in [1.807, 2.05) is 41.5 Å². The van der Waals surface area contributed by atoms with Crippen molar-refractivity contribution in [1.29, 1.82) is 0 Å². The van der Waals surface area contributed by atoms with Gasteiger partial charge in [-0.25, -0.2) is 0 Å². The zero-order chi connectivity index (χ0) is 15.4. The number of hydrogen-bond donors (Lipinski definition) is 0. The van der Waals surface area contributed by atoms with Crippen molar-refractivity contribution in [3.8, 4) is 0 Å². The first-order chi connectivity index (χ1) is 7.83. The van der Waals surface area contributed by atoms with Crippen LogP contribution in [-0.2, 0) is 0 Å². The molecule has 106 valence electrons. The second-order valence-electron chi connectivity index (χ2n) is 1.41. The van der Waals surface area contributed by atoms with Crippen molar-refractivity contribution in [3.63, 3.8) is 0 Å². The van der Waals surface area contributed by atoms with Crippen molar-refractivity contribution in [2.24, 2.45) is 0 Å². The molecule has 0 N–H and O–H groups in total. The van der Waals surface area contributed by atoms with Crippen LogP contribution >= 0.6 is 0 Å². The molecule has 0 aromatic heterocycles. The van der Waals surface area contributed by atoms with Gasteiger partial charge < -0.3 is 0 Å². The molecule has 0 radical (unpaired) electrons. The summed E-state index contributed by atoms with van der Waals surface area (Å²) in [7, 11) is 0. The molecular weight excluding hydrogens is 192 g/mol. The van der Waals surface area contributed by atoms with Crippen molar-refractivity contribution < 1.29 is 0 Å². The maximum atomic E-state index is 3.00. The van der Waals surface area contributed by atoms with Gasteiger partial charge in [0.15, 0.2) is 0 Å². The minimum absolute atomic E-state index is 1.25. The van der Waals surface area contributed by atoms with Crippen molar-refractivity contribution in [3.05, 3.63) is 26.3 Å². The van der Waals surface area contributed by atoms with Crippen LogP contribution in [-0.4, -0.2) is 0 Å². The molecule has 0 atom stereocenters. The van der Waals surface area contributed by atoms with Crippen LogP contribution in [0.15, 0.2) is 26.3 Å². The predicted molar refractivity (Wildman–Crippen MR) is 88.5 cm³/mol. The second kappa shape index (κ2) is 1200. The molecule has 0 aromatic rings. The molecule has 0 nitrogen and oxygen atoms in total. The molecule has 0 aliphatic rings. The summed E-state index contributed by atoms with van der Waals surface area (Å²) in [5.41, 5.74) is 0. The maximum absolute atomic E-state index is 3.00. The lowest BCUT2D eigenvalue weighted by Gasteiger charge is -1.48. The Morgan fingerprint density at radius 3 is 0.438 bits per heavy atom. The highest BCUT2D eigenvalue weighted by Crippen LogP contribution is 1.56. The monoisotopic (exact) mass is 234 g/mol. The van der Waals surface area contributed by atoms with E-state index in [4.69, 9.17) is 0 Å². The van der Waals surface area contributed by atoms with Crippen LogP contribution in [0, 0.1) is 0 Å². The van der Waals surface area contributed by atoms with Crippen molar-refractivity contribution in [2.45, 2.75) is 82.1 Å². The molecule has 0 heterocycles. The van der Waals surface area contributed by atoms with E-state index < -0.39 is 0 Å². The maximum Gasteiger partial charge on any atom is -0.0590 e. The first-order valence-electron chi connectivity index (χ1n) is 6.83. The quantitative estimate of drug-likeness (QED) is 0.380. The van der Waals surface area contributed by atoms with Gasteiger partial charge >= 0.3 is 0 Å². The largest absolute Gasteiger partial charge is 0.106 e. The molecule has 0 aliphatic carbocycles. The molecule has 16 heavy (non-hydrogen) atoms. The van der Waals surface area contributed by atoms with E-state index in [1.165, 1.54) is 12.8 Å². The molecule has 0 amide bonds. The van der Waals surface area contributed by atoms with Crippen LogP contribution in [0.4, 0.5) is 0 Å². The van der Waals surface area contributed by atoms with Crippen LogP contribution in [0.2, 0.25) is 0 Å². The van der Waals surface area contributed by atoms with E-state index in [1.54, 1.807) is 0 Å². The fourth-order valence-corrected chi connectivity index (χ4v) is 0. The standard InChI is InChI=1S/2C3H8.3C2H6.2C2H4/c2*1-3-2;5*1-2/h2*3H2,1-2H3;3*1-2H3;2*1-2H2. The first-order valence-corrected chi connectivity index (χ1v) is 6.83. The predicted octanol–water partition coefficient (Wildman–Crippen LogP) is 7.52. The highest BCUT2D eigenvalue weighted by molar-refractivity contribution is 4.22. The fraction of sp³-hybridized carbons (Fsp3) is 0.750. The van der Waals surface area contributed by atoms with Gasteiger partial charge in [-0.3, -0.25) is 0 Å². The van der Waals surface area contributed by atoms with Crippen molar-refractivity contribution >= 4 is 0 Å². The molecule has 0 rings (SSSR count). The summed E-state index contributed by atoms with van der Waals surface area (Å²) in [5.74, 6) is 0. The Bertz CT molecular complexity index is 12.0. The molecule has 0 saturated heterocycles. The summed E-state index contributed by atoms with van der Waals surface area (Å²) in [5, 5.41) is 0. The minimum atomic E-state index is 1.25. The third-order valence-electron chi connectivity index (χ3n) is 0. The van der Waals surface area contributed by atoms with Gasteiger partial charge in [0.1, 0.15) is 0 Å². The minimum Gasteiger partial charge on any atom is -0.106 e. The van der Waals surface area contributed by atoms with Crippen LogP contribution in [0.1, 0.15) is 82.1 Å². The molecular formula is C16H42. The highest BCUT2D eigenvalue weighted by Gasteiger charge is 1.36. The zero-order valence-corrected chi connectivity index (χ0v) is 14.2. The summed E-state index contributed by atoms with van der Waals surface area (Å²) in [6.07, 6.45) is 2.50. The Labute approximate surface area is 109 Å². The lowest BCUT2D eigenvalue weighted by atomic mass is 10.6. The van der Waals surface area contributed by atoms with Crippen LogP contribution in [0.25, 0.3) is 0 Å². The van der Waals surface area contributed by atoms with E-state index in [2.05, 4.69) is 54.0 Å². The van der Waals surface area contributed by atoms with E-state index in [0.29, 0.717) is 0 Å². The van der Waals surface area contributed by atoms with Gasteiger partial charge in [-0.2, -0.15) is 0 Å². The third kappa shape index (κ3) is 7760. The van der Waals surface area contributed by atoms with Gasteiger partial charge in [0.25, 0.3) is 0 Å². The van der Waals surface area contributed by atoms with Crippen LogP contribution in [0.5, 0.6) is 0 Å². The summed E-state index contributed by atoms with van der Waals surface area (Å²) in [6, 6.07) is 0. The summed E-state index contributed by atoms with van der Waals surface area (Å²) >= 11 is 0. The average Bonchev–Trinajstić information content (AvgIpc) is 2.42. The van der Waals surface area contributed by atoms with E-state index in [9.17, 15) is 0 Å². The summed E-state index contributed by atoms with van der Waals surface area (Å²) in [6.45, 7) is 32.5. The number of hydrogen-bond acceptors (Lipinski definition) is 0. The van der Waals surface area contributed by atoms with Crippen molar-refractivity contribution in [1.82, 2.24) is 0 Å². The molecule has 0 fully saturated rings. The van der Waals surface area contributed by atoms with Crippen LogP contribution < -0.4 is 0 Å². The molecule has 0 unspecified atom stereocenters.